The molecule has 15 heavy (non-hydrogen) atoms. The summed E-state index contributed by atoms with van der Waals surface area (Å²) in [6.45, 7) is 0. The topological polar surface area (TPSA) is 65.0 Å². The van der Waals surface area contributed by atoms with Crippen molar-refractivity contribution in [1.29, 1.82) is 0 Å². The van der Waals surface area contributed by atoms with Gasteiger partial charge >= 0.3 is 5.97 Å². The molecule has 0 spiro atoms. The molecule has 0 aliphatic rings. The van der Waals surface area contributed by atoms with Gasteiger partial charge in [0.25, 0.3) is 0 Å². The first-order valence-electron chi connectivity index (χ1n) is 3.93. The normalized spacial score (nSPS) is 9.53. The lowest BCUT2D eigenvalue weighted by molar-refractivity contribution is 0.0597. The van der Waals surface area contributed by atoms with Crippen molar-refractivity contribution in [3.63, 3.8) is 0 Å². The number of hydrogen-bond donors (Lipinski definition) is 0. The first-order valence-corrected chi connectivity index (χ1v) is 4.31. The number of halogens is 1. The SMILES string of the molecule is COC(=O)c1cc(N=O)c(Cl)cc1OC. The van der Waals surface area contributed by atoms with Crippen molar-refractivity contribution in [2.45, 2.75) is 0 Å². The van der Waals surface area contributed by atoms with Gasteiger partial charge in [-0.15, -0.1) is 4.91 Å². The second-order valence-corrected chi connectivity index (χ2v) is 2.99. The Kier molecular flexibility index (Phi) is 3.62. The van der Waals surface area contributed by atoms with Gasteiger partial charge in [0.15, 0.2) is 0 Å². The number of esters is 1. The summed E-state index contributed by atoms with van der Waals surface area (Å²) in [7, 11) is 2.61. The Labute approximate surface area is 90.9 Å². The molecule has 0 saturated carbocycles. The third kappa shape index (κ3) is 2.24. The molecule has 0 radical (unpaired) electrons. The van der Waals surface area contributed by atoms with Gasteiger partial charge in [-0.1, -0.05) is 11.6 Å². The fraction of sp³-hybridized carbons (Fsp3) is 0.222. The number of nitroso groups, excluding NO2 is 1. The molecule has 80 valence electrons. The van der Waals surface area contributed by atoms with E-state index in [2.05, 4.69) is 9.91 Å². The van der Waals surface area contributed by atoms with Gasteiger partial charge in [0, 0.05) is 6.07 Å². The van der Waals surface area contributed by atoms with Crippen LogP contribution in [0, 0.1) is 4.91 Å². The number of nitrogens with zero attached hydrogens (tertiary/aromatic N) is 1. The van der Waals surface area contributed by atoms with Crippen LogP contribution in [-0.2, 0) is 4.74 Å². The molecule has 0 aromatic heterocycles. The molecule has 1 rings (SSSR count). The molecule has 0 atom stereocenters. The van der Waals surface area contributed by atoms with E-state index in [-0.39, 0.29) is 22.0 Å². The standard InChI is InChI=1S/C9H8ClNO4/c1-14-8-4-6(10)7(11-13)3-5(8)9(12)15-2/h3-4H,1-2H3. The van der Waals surface area contributed by atoms with Crippen LogP contribution in [0.25, 0.3) is 0 Å². The van der Waals surface area contributed by atoms with Gasteiger partial charge in [0.05, 0.1) is 19.2 Å². The fourth-order valence-electron chi connectivity index (χ4n) is 1.05. The number of methoxy groups -OCH3 is 2. The van der Waals surface area contributed by atoms with Crippen molar-refractivity contribution in [2.24, 2.45) is 5.18 Å². The maximum absolute atomic E-state index is 11.3. The van der Waals surface area contributed by atoms with Crippen LogP contribution in [-0.4, -0.2) is 20.2 Å². The molecule has 1 aromatic rings. The zero-order valence-corrected chi connectivity index (χ0v) is 8.87. The van der Waals surface area contributed by atoms with Crippen LogP contribution in [0.5, 0.6) is 5.75 Å². The third-order valence-corrected chi connectivity index (χ3v) is 2.08. The summed E-state index contributed by atoms with van der Waals surface area (Å²) >= 11 is 5.70. The van der Waals surface area contributed by atoms with Crippen molar-refractivity contribution < 1.29 is 14.3 Å². The molecule has 6 heteroatoms. The number of hydrogen-bond acceptors (Lipinski definition) is 5. The predicted molar refractivity (Wildman–Crippen MR) is 54.8 cm³/mol. The quantitative estimate of drug-likeness (QED) is 0.590. The van der Waals surface area contributed by atoms with Crippen molar-refractivity contribution in [2.75, 3.05) is 14.2 Å². The largest absolute Gasteiger partial charge is 0.496 e. The zero-order chi connectivity index (χ0) is 11.4. The van der Waals surface area contributed by atoms with Crippen molar-refractivity contribution >= 4 is 23.3 Å². The number of rotatable bonds is 3. The lowest BCUT2D eigenvalue weighted by Gasteiger charge is -2.07. The molecular weight excluding hydrogens is 222 g/mol. The van der Waals surface area contributed by atoms with Crippen LogP contribution in [0.15, 0.2) is 17.3 Å². The monoisotopic (exact) mass is 229 g/mol. The molecule has 0 heterocycles. The number of carbonyl (C=O) groups is 1. The van der Waals surface area contributed by atoms with Gasteiger partial charge in [-0.05, 0) is 11.2 Å². The molecule has 1 aromatic carbocycles. The van der Waals surface area contributed by atoms with E-state index >= 15 is 0 Å². The van der Waals surface area contributed by atoms with E-state index in [1.807, 2.05) is 0 Å². The minimum absolute atomic E-state index is 0.0298. The highest BCUT2D eigenvalue weighted by atomic mass is 35.5. The Morgan fingerprint density at radius 1 is 1.40 bits per heavy atom. The summed E-state index contributed by atoms with van der Waals surface area (Å²) in [5, 5.41) is 2.80. The third-order valence-electron chi connectivity index (χ3n) is 1.77. The second-order valence-electron chi connectivity index (χ2n) is 2.59. The van der Waals surface area contributed by atoms with Crippen LogP contribution in [0.1, 0.15) is 10.4 Å². The lowest BCUT2D eigenvalue weighted by atomic mass is 10.2. The van der Waals surface area contributed by atoms with E-state index in [0.717, 1.165) is 0 Å². The first-order chi connectivity index (χ1) is 7.13. The van der Waals surface area contributed by atoms with Gasteiger partial charge in [0.2, 0.25) is 0 Å². The summed E-state index contributed by atoms with van der Waals surface area (Å²) in [5.41, 5.74) is 0.0804. The minimum atomic E-state index is -0.617. The second kappa shape index (κ2) is 4.75. The van der Waals surface area contributed by atoms with Crippen LogP contribution in [0.3, 0.4) is 0 Å². The summed E-state index contributed by atoms with van der Waals surface area (Å²) in [6, 6.07) is 2.56. The number of carbonyl (C=O) groups excluding carboxylic acids is 1. The fourth-order valence-corrected chi connectivity index (χ4v) is 1.24. The highest BCUT2D eigenvalue weighted by Gasteiger charge is 2.16. The van der Waals surface area contributed by atoms with Gasteiger partial charge in [0.1, 0.15) is 17.0 Å². The summed E-state index contributed by atoms with van der Waals surface area (Å²) in [4.78, 5) is 21.6. The molecule has 5 nitrogen and oxygen atoms in total. The predicted octanol–water partition coefficient (Wildman–Crippen LogP) is 2.53. The van der Waals surface area contributed by atoms with Crippen LogP contribution in [0.4, 0.5) is 5.69 Å². The Morgan fingerprint density at radius 3 is 2.53 bits per heavy atom. The summed E-state index contributed by atoms with van der Waals surface area (Å²) in [6.07, 6.45) is 0. The Morgan fingerprint density at radius 2 is 2.07 bits per heavy atom. The average molecular weight is 230 g/mol. The van der Waals surface area contributed by atoms with E-state index in [1.165, 1.54) is 26.4 Å². The van der Waals surface area contributed by atoms with Crippen LogP contribution >= 0.6 is 11.6 Å². The average Bonchev–Trinajstić information content (AvgIpc) is 2.27. The minimum Gasteiger partial charge on any atom is -0.496 e. The van der Waals surface area contributed by atoms with Crippen LogP contribution in [0.2, 0.25) is 5.02 Å². The zero-order valence-electron chi connectivity index (χ0n) is 8.11. The maximum atomic E-state index is 11.3. The Hall–Kier alpha value is -1.62. The van der Waals surface area contributed by atoms with E-state index in [0.29, 0.717) is 0 Å². The van der Waals surface area contributed by atoms with Crippen molar-refractivity contribution in [3.05, 3.63) is 27.6 Å². The molecule has 0 amide bonds. The first kappa shape index (κ1) is 11.5. The molecule has 0 bridgehead atoms. The van der Waals surface area contributed by atoms with Gasteiger partial charge in [-0.3, -0.25) is 0 Å². The van der Waals surface area contributed by atoms with Crippen molar-refractivity contribution in [3.8, 4) is 5.75 Å². The van der Waals surface area contributed by atoms with Crippen LogP contribution < -0.4 is 4.74 Å². The van der Waals surface area contributed by atoms with Crippen molar-refractivity contribution in [1.82, 2.24) is 0 Å². The maximum Gasteiger partial charge on any atom is 0.341 e. The van der Waals surface area contributed by atoms with Gasteiger partial charge < -0.3 is 9.47 Å². The Balaban J connectivity index is 3.34. The number of ether oxygens (including phenoxy) is 2. The smallest absolute Gasteiger partial charge is 0.341 e. The highest BCUT2D eigenvalue weighted by Crippen LogP contribution is 2.32. The van der Waals surface area contributed by atoms with E-state index in [9.17, 15) is 9.70 Å². The summed E-state index contributed by atoms with van der Waals surface area (Å²) < 4.78 is 9.43. The van der Waals surface area contributed by atoms with E-state index in [1.54, 1.807) is 0 Å². The van der Waals surface area contributed by atoms with E-state index < -0.39 is 5.97 Å². The number of benzene rings is 1. The molecule has 0 saturated heterocycles. The van der Waals surface area contributed by atoms with Gasteiger partial charge in [-0.25, -0.2) is 4.79 Å². The molecule has 0 aliphatic heterocycles. The lowest BCUT2D eigenvalue weighted by Crippen LogP contribution is -2.03. The molecule has 0 fully saturated rings. The molecule has 0 aliphatic carbocycles. The van der Waals surface area contributed by atoms with E-state index in [4.69, 9.17) is 16.3 Å². The summed E-state index contributed by atoms with van der Waals surface area (Å²) in [5.74, 6) is -0.382. The van der Waals surface area contributed by atoms with Gasteiger partial charge in [-0.2, -0.15) is 0 Å². The molecule has 0 unspecified atom stereocenters. The Bertz CT molecular complexity index is 405. The molecular formula is C9H8ClNO4. The molecule has 0 N–H and O–H groups in total. The highest BCUT2D eigenvalue weighted by molar-refractivity contribution is 6.33.